The van der Waals surface area contributed by atoms with Gasteiger partial charge in [-0.1, -0.05) is 47.5 Å². The molecule has 0 aromatic rings. The average molecular weight is 370 g/mol. The Morgan fingerprint density at radius 3 is 2.21 bits per heavy atom. The monoisotopic (exact) mass is 369 g/mol. The molecule has 0 rings (SSSR count). The molecule has 0 bridgehead atoms. The number of rotatable bonds is 12. The zero-order chi connectivity index (χ0) is 17.2. The molecule has 0 amide bonds. The van der Waals surface area contributed by atoms with Gasteiger partial charge in [0.2, 0.25) is 0 Å². The molecule has 0 aliphatic heterocycles. The molecule has 0 aromatic carbocycles. The van der Waals surface area contributed by atoms with E-state index in [0.717, 1.165) is 19.3 Å². The number of carbonyl (C=O) groups excluding carboxylic acids is 1. The highest BCUT2D eigenvalue weighted by Gasteiger charge is 2.23. The molecular weight excluding hydrogens is 332 g/mol. The van der Waals surface area contributed by atoms with Crippen molar-refractivity contribution in [2.24, 2.45) is 0 Å². The SMILES string of the molecule is C.C.CCCCCCCC(C)(C)OC(=O)CCC(O)CS(=O)(=O)[O-]. The molecule has 6 nitrogen and oxygen atoms in total. The second-order valence-corrected chi connectivity index (χ2v) is 7.76. The summed E-state index contributed by atoms with van der Waals surface area (Å²) < 4.78 is 36.8. The maximum absolute atomic E-state index is 11.7. The minimum absolute atomic E-state index is 0. The predicted molar refractivity (Wildman–Crippen MR) is 96.8 cm³/mol. The molecule has 1 unspecified atom stereocenters. The third-order valence-electron chi connectivity index (χ3n) is 3.35. The Labute approximate surface area is 148 Å². The molecule has 24 heavy (non-hydrogen) atoms. The van der Waals surface area contributed by atoms with Crippen LogP contribution >= 0.6 is 0 Å². The Morgan fingerprint density at radius 2 is 1.71 bits per heavy atom. The molecule has 0 aromatic heterocycles. The zero-order valence-corrected chi connectivity index (χ0v) is 14.7. The van der Waals surface area contributed by atoms with E-state index >= 15 is 0 Å². The number of aliphatic hydroxyl groups is 1. The topological polar surface area (TPSA) is 104 Å². The summed E-state index contributed by atoms with van der Waals surface area (Å²) in [5.74, 6) is -1.36. The van der Waals surface area contributed by atoms with Gasteiger partial charge in [0.1, 0.15) is 5.60 Å². The summed E-state index contributed by atoms with van der Waals surface area (Å²) in [7, 11) is -4.48. The Kier molecular flexibility index (Phi) is 16.0. The Bertz CT molecular complexity index is 417. The van der Waals surface area contributed by atoms with Crippen LogP contribution in [0.4, 0.5) is 0 Å². The van der Waals surface area contributed by atoms with E-state index in [2.05, 4.69) is 6.92 Å². The van der Waals surface area contributed by atoms with E-state index in [1.807, 2.05) is 13.8 Å². The van der Waals surface area contributed by atoms with Crippen LogP contribution in [0.25, 0.3) is 0 Å². The fraction of sp³-hybridized carbons (Fsp3) is 0.941. The van der Waals surface area contributed by atoms with Crippen molar-refractivity contribution in [3.63, 3.8) is 0 Å². The van der Waals surface area contributed by atoms with Crippen LogP contribution in [0.2, 0.25) is 0 Å². The first kappa shape index (κ1) is 28.2. The van der Waals surface area contributed by atoms with Crippen LogP contribution < -0.4 is 0 Å². The van der Waals surface area contributed by atoms with E-state index in [0.29, 0.717) is 0 Å². The molecule has 1 atom stereocenters. The smallest absolute Gasteiger partial charge is 0.306 e. The van der Waals surface area contributed by atoms with Gasteiger partial charge in [-0.25, -0.2) is 8.42 Å². The van der Waals surface area contributed by atoms with Crippen molar-refractivity contribution < 1.29 is 27.6 Å². The van der Waals surface area contributed by atoms with Crippen molar-refractivity contribution in [2.75, 3.05) is 5.75 Å². The number of unbranched alkanes of at least 4 members (excludes halogenated alkanes) is 4. The second-order valence-electron chi connectivity index (χ2n) is 6.31. The largest absolute Gasteiger partial charge is 0.748 e. The fourth-order valence-electron chi connectivity index (χ4n) is 2.17. The minimum Gasteiger partial charge on any atom is -0.748 e. The molecule has 0 heterocycles. The summed E-state index contributed by atoms with van der Waals surface area (Å²) in [5.41, 5.74) is -0.571. The number of aliphatic hydroxyl groups excluding tert-OH is 1. The van der Waals surface area contributed by atoms with Gasteiger partial charge < -0.3 is 14.4 Å². The third kappa shape index (κ3) is 17.7. The number of carbonyl (C=O) groups is 1. The van der Waals surface area contributed by atoms with E-state index in [4.69, 9.17) is 4.74 Å². The van der Waals surface area contributed by atoms with Gasteiger partial charge in [-0.05, 0) is 33.1 Å². The second kappa shape index (κ2) is 13.6. The van der Waals surface area contributed by atoms with Gasteiger partial charge in [-0.15, -0.1) is 0 Å². The van der Waals surface area contributed by atoms with Gasteiger partial charge in [0.25, 0.3) is 0 Å². The van der Waals surface area contributed by atoms with E-state index < -0.39 is 33.5 Å². The molecule has 0 spiro atoms. The number of hydrogen-bond acceptors (Lipinski definition) is 6. The maximum Gasteiger partial charge on any atom is 0.306 e. The highest BCUT2D eigenvalue weighted by atomic mass is 32.2. The maximum atomic E-state index is 11.7. The highest BCUT2D eigenvalue weighted by molar-refractivity contribution is 7.85. The summed E-state index contributed by atoms with van der Waals surface area (Å²) >= 11 is 0. The lowest BCUT2D eigenvalue weighted by Crippen LogP contribution is -2.29. The van der Waals surface area contributed by atoms with Crippen LogP contribution in [0, 0.1) is 0 Å². The lowest BCUT2D eigenvalue weighted by molar-refractivity contribution is -0.157. The predicted octanol–water partition coefficient (Wildman–Crippen LogP) is 3.63. The number of hydrogen-bond donors (Lipinski definition) is 1. The van der Waals surface area contributed by atoms with E-state index in [-0.39, 0.29) is 27.7 Å². The molecular formula is C17H37O6S-. The number of esters is 1. The van der Waals surface area contributed by atoms with E-state index in [9.17, 15) is 22.9 Å². The van der Waals surface area contributed by atoms with Gasteiger partial charge >= 0.3 is 5.97 Å². The molecule has 0 saturated carbocycles. The minimum atomic E-state index is -4.48. The summed E-state index contributed by atoms with van der Waals surface area (Å²) in [6.45, 7) is 5.82. The lowest BCUT2D eigenvalue weighted by Gasteiger charge is -2.25. The molecule has 0 fully saturated rings. The summed E-state index contributed by atoms with van der Waals surface area (Å²) in [5, 5.41) is 9.37. The Hall–Kier alpha value is -0.660. The van der Waals surface area contributed by atoms with E-state index in [1.54, 1.807) is 0 Å². The Morgan fingerprint density at radius 1 is 1.17 bits per heavy atom. The quantitative estimate of drug-likeness (QED) is 0.320. The molecule has 0 aliphatic rings. The van der Waals surface area contributed by atoms with Gasteiger partial charge in [0, 0.05) is 6.42 Å². The van der Waals surface area contributed by atoms with Crippen molar-refractivity contribution in [3.8, 4) is 0 Å². The molecule has 0 saturated heterocycles. The molecule has 7 heteroatoms. The molecule has 0 aliphatic carbocycles. The van der Waals surface area contributed by atoms with Gasteiger partial charge in [0.15, 0.2) is 0 Å². The van der Waals surface area contributed by atoms with Gasteiger partial charge in [-0.3, -0.25) is 4.79 Å². The van der Waals surface area contributed by atoms with Crippen LogP contribution in [-0.4, -0.2) is 41.5 Å². The average Bonchev–Trinajstić information content (AvgIpc) is 2.33. The van der Waals surface area contributed by atoms with Crippen LogP contribution in [0.1, 0.15) is 87.0 Å². The standard InChI is InChI=1S/C15H30O6S.2CH4/c1-4-5-6-7-8-11-15(2,3)21-14(17)10-9-13(16)12-22(18,19)20;;/h13,16H,4-12H2,1-3H3,(H,18,19,20);2*1H4/p-1. The van der Waals surface area contributed by atoms with Crippen LogP contribution in [0.3, 0.4) is 0 Å². The third-order valence-corrected chi connectivity index (χ3v) is 4.14. The van der Waals surface area contributed by atoms with Crippen molar-refractivity contribution in [2.45, 2.75) is 98.7 Å². The van der Waals surface area contributed by atoms with Crippen LogP contribution in [0.5, 0.6) is 0 Å². The lowest BCUT2D eigenvalue weighted by atomic mass is 9.99. The van der Waals surface area contributed by atoms with Crippen molar-refractivity contribution in [1.29, 1.82) is 0 Å². The van der Waals surface area contributed by atoms with Crippen LogP contribution in [0.15, 0.2) is 0 Å². The van der Waals surface area contributed by atoms with Crippen molar-refractivity contribution >= 4 is 16.1 Å². The van der Waals surface area contributed by atoms with E-state index in [1.165, 1.54) is 19.3 Å². The fourth-order valence-corrected chi connectivity index (χ4v) is 2.81. The Balaban J connectivity index is -0.00000220. The summed E-state index contributed by atoms with van der Waals surface area (Å²) in [4.78, 5) is 11.7. The van der Waals surface area contributed by atoms with Crippen molar-refractivity contribution in [1.82, 2.24) is 0 Å². The first-order valence-corrected chi connectivity index (χ1v) is 9.47. The molecule has 148 valence electrons. The van der Waals surface area contributed by atoms with Gasteiger partial charge in [-0.2, -0.15) is 0 Å². The zero-order valence-electron chi connectivity index (χ0n) is 13.8. The summed E-state index contributed by atoms with van der Waals surface area (Å²) in [6, 6.07) is 0. The first-order chi connectivity index (χ1) is 10.1. The van der Waals surface area contributed by atoms with Crippen molar-refractivity contribution in [3.05, 3.63) is 0 Å². The highest BCUT2D eigenvalue weighted by Crippen LogP contribution is 2.20. The molecule has 1 N–H and O–H groups in total. The van der Waals surface area contributed by atoms with Crippen LogP contribution in [-0.2, 0) is 19.6 Å². The summed E-state index contributed by atoms with van der Waals surface area (Å²) in [6.07, 6.45) is 4.90. The van der Waals surface area contributed by atoms with Gasteiger partial charge in [0.05, 0.1) is 22.0 Å². The molecule has 0 radical (unpaired) electrons. The number of ether oxygens (including phenoxy) is 1. The normalized spacial score (nSPS) is 12.7. The first-order valence-electron chi connectivity index (χ1n) is 7.89.